The van der Waals surface area contributed by atoms with Crippen molar-refractivity contribution >= 4 is 46.1 Å². The summed E-state index contributed by atoms with van der Waals surface area (Å²) in [5.74, 6) is 0.0808. The number of ether oxygens (including phenoxy) is 3. The maximum Gasteiger partial charge on any atom is 0.490 e. The third-order valence-electron chi connectivity index (χ3n) is 7.02. The van der Waals surface area contributed by atoms with Gasteiger partial charge < -0.3 is 49.2 Å². The molecule has 2 aromatic heterocycles. The Hall–Kier alpha value is -3.07. The highest BCUT2D eigenvalue weighted by Gasteiger charge is 2.43. The Bertz CT molecular complexity index is 1920. The van der Waals surface area contributed by atoms with Crippen molar-refractivity contribution in [2.24, 2.45) is 5.41 Å². The summed E-state index contributed by atoms with van der Waals surface area (Å²) in [6.45, 7) is 4.19. The second-order valence-electron chi connectivity index (χ2n) is 11.8. The molecule has 49 heavy (non-hydrogen) atoms. The topological polar surface area (TPSA) is 328 Å². The zero-order valence-corrected chi connectivity index (χ0v) is 28.8. The zero-order valence-electron chi connectivity index (χ0n) is 26.1. The van der Waals surface area contributed by atoms with E-state index < -0.39 is 70.5 Å². The highest BCUT2D eigenvalue weighted by molar-refractivity contribution is 7.66. The molecule has 0 bridgehead atoms. The van der Waals surface area contributed by atoms with E-state index >= 15 is 0 Å². The number of nitrogens with one attached hydrogen (secondary N) is 1. The number of aromatic nitrogens is 3. The molecule has 0 spiro atoms. The number of H-pyrrole nitrogens is 1. The van der Waals surface area contributed by atoms with Crippen molar-refractivity contribution in [1.82, 2.24) is 14.5 Å². The first-order chi connectivity index (χ1) is 22.5. The molecule has 3 aromatic rings. The monoisotopic (exact) mass is 757 g/mol. The molecule has 4 rings (SSSR count). The maximum absolute atomic E-state index is 13.1. The average Bonchev–Trinajstić information content (AvgIpc) is 3.48. The predicted molar refractivity (Wildman–Crippen MR) is 166 cm³/mol. The lowest BCUT2D eigenvalue weighted by atomic mass is 9.83. The quantitative estimate of drug-likeness (QED) is 0.0705. The SMILES string of the molecule is COc1ccc([N+](=O)[O-])c(C(OCc2cn([C@H]3C[C@H](O)[C@@H](COP(=O)(O)OP(=O)(O)OP(=O)(O)O)O3)c3nc(N)[nH]c(=O)c23)C(C)(C)C)c1. The number of hydrogen-bond donors (Lipinski definition) is 7. The highest BCUT2D eigenvalue weighted by atomic mass is 31.3. The normalized spacial score (nSPS) is 21.7. The third kappa shape index (κ3) is 9.59. The predicted octanol–water partition coefficient (Wildman–Crippen LogP) is 2.52. The highest BCUT2D eigenvalue weighted by Crippen LogP contribution is 2.66. The largest absolute Gasteiger partial charge is 0.497 e. The van der Waals surface area contributed by atoms with Crippen LogP contribution in [0.15, 0.2) is 29.2 Å². The van der Waals surface area contributed by atoms with Crippen molar-refractivity contribution in [1.29, 1.82) is 0 Å². The fraction of sp³-hybridized carbons (Fsp3) is 0.500. The number of aliphatic hydroxyl groups is 1. The van der Waals surface area contributed by atoms with Gasteiger partial charge in [-0.1, -0.05) is 20.8 Å². The van der Waals surface area contributed by atoms with Gasteiger partial charge in [0.2, 0.25) is 5.95 Å². The van der Waals surface area contributed by atoms with Gasteiger partial charge in [-0.3, -0.25) is 24.4 Å². The van der Waals surface area contributed by atoms with Crippen molar-refractivity contribution in [3.8, 4) is 5.75 Å². The van der Waals surface area contributed by atoms with Gasteiger partial charge in [-0.25, -0.2) is 13.7 Å². The summed E-state index contributed by atoms with van der Waals surface area (Å²) in [6.07, 6.45) is -3.56. The second-order valence-corrected chi connectivity index (χ2v) is 16.2. The van der Waals surface area contributed by atoms with Gasteiger partial charge in [-0.05, 0) is 17.5 Å². The van der Waals surface area contributed by atoms with Gasteiger partial charge in [0.25, 0.3) is 11.2 Å². The van der Waals surface area contributed by atoms with Crippen LogP contribution in [-0.4, -0.2) is 70.1 Å². The van der Waals surface area contributed by atoms with Gasteiger partial charge in [-0.2, -0.15) is 13.6 Å². The summed E-state index contributed by atoms with van der Waals surface area (Å²) in [6, 6.07) is 4.22. The molecule has 3 unspecified atom stereocenters. The standard InChI is InChI=1S/C24H34N5O17P3/c1-24(2,3)20(14-7-13(41-4)5-6-15(14)29(32)33)42-10-12-9-28(21-19(12)22(31)27-23(25)26-21)18-8-16(30)17(44-18)11-43-48(37,38)46-49(39,40)45-47(34,35)36/h5-7,9,16-18,20,30H,8,10-11H2,1-4H3,(H,37,38)(H,39,40)(H2,34,35,36)(H3,25,26,27,31)/t16-,17+,18+,20?/m0/s1. The Labute approximate surface area is 276 Å². The van der Waals surface area contributed by atoms with Gasteiger partial charge in [-0.15, -0.1) is 0 Å². The fourth-order valence-corrected chi connectivity index (χ4v) is 8.13. The molecule has 1 aromatic carbocycles. The lowest BCUT2D eigenvalue weighted by molar-refractivity contribution is -0.386. The molecule has 3 heterocycles. The van der Waals surface area contributed by atoms with E-state index in [2.05, 4.69) is 23.1 Å². The lowest BCUT2D eigenvalue weighted by Crippen LogP contribution is -2.26. The van der Waals surface area contributed by atoms with Crippen LogP contribution in [0.25, 0.3) is 11.0 Å². The number of nitro groups is 1. The van der Waals surface area contributed by atoms with Crippen LogP contribution in [0.4, 0.5) is 11.6 Å². The van der Waals surface area contributed by atoms with E-state index in [4.69, 9.17) is 29.7 Å². The summed E-state index contributed by atoms with van der Waals surface area (Å²) in [5.41, 5.74) is 4.66. The van der Waals surface area contributed by atoms with E-state index in [1.54, 1.807) is 20.8 Å². The van der Waals surface area contributed by atoms with E-state index in [1.807, 2.05) is 0 Å². The minimum Gasteiger partial charge on any atom is -0.497 e. The maximum atomic E-state index is 13.1. The van der Waals surface area contributed by atoms with Crippen LogP contribution in [0, 0.1) is 15.5 Å². The number of benzene rings is 1. The summed E-state index contributed by atoms with van der Waals surface area (Å²) >= 11 is 0. The number of fused-ring (bicyclic) bond motifs is 1. The first-order valence-corrected chi connectivity index (χ1v) is 18.5. The Morgan fingerprint density at radius 2 is 1.86 bits per heavy atom. The van der Waals surface area contributed by atoms with Crippen LogP contribution < -0.4 is 16.0 Å². The Balaban J connectivity index is 1.60. The van der Waals surface area contributed by atoms with E-state index in [9.17, 15) is 43.5 Å². The van der Waals surface area contributed by atoms with E-state index in [0.29, 0.717) is 5.75 Å². The molecule has 22 nitrogen and oxygen atoms in total. The smallest absolute Gasteiger partial charge is 0.490 e. The van der Waals surface area contributed by atoms with Crippen molar-refractivity contribution in [2.75, 3.05) is 19.5 Å². The first-order valence-electron chi connectivity index (χ1n) is 14.0. The molecule has 1 fully saturated rings. The van der Waals surface area contributed by atoms with E-state index in [0.717, 1.165) is 0 Å². The molecule has 0 amide bonds. The van der Waals surface area contributed by atoms with Crippen molar-refractivity contribution in [3.05, 3.63) is 56.0 Å². The van der Waals surface area contributed by atoms with Gasteiger partial charge in [0.1, 0.15) is 18.1 Å². The Kier molecular flexibility index (Phi) is 11.3. The number of aromatic amines is 1. The molecule has 1 aliphatic heterocycles. The lowest BCUT2D eigenvalue weighted by Gasteiger charge is -2.31. The van der Waals surface area contributed by atoms with Crippen LogP contribution in [0.5, 0.6) is 5.75 Å². The molecule has 0 radical (unpaired) electrons. The Morgan fingerprint density at radius 1 is 1.18 bits per heavy atom. The summed E-state index contributed by atoms with van der Waals surface area (Å²) in [7, 11) is -15.5. The number of hydrogen-bond acceptors (Lipinski definition) is 15. The van der Waals surface area contributed by atoms with Gasteiger partial charge in [0.05, 0.1) is 48.4 Å². The first kappa shape index (κ1) is 38.7. The molecule has 25 heteroatoms. The molecular formula is C24H34N5O17P3. The summed E-state index contributed by atoms with van der Waals surface area (Å²) < 4.78 is 65.2. The van der Waals surface area contributed by atoms with Gasteiger partial charge >= 0.3 is 23.5 Å². The second kappa shape index (κ2) is 14.3. The van der Waals surface area contributed by atoms with Crippen LogP contribution in [0.1, 0.15) is 50.7 Å². The van der Waals surface area contributed by atoms with E-state index in [1.165, 1.54) is 36.1 Å². The number of nitrogens with zero attached hydrogens (tertiary/aromatic N) is 3. The summed E-state index contributed by atoms with van der Waals surface area (Å²) in [4.78, 5) is 67.5. The fourth-order valence-electron chi connectivity index (χ4n) is 5.10. The summed E-state index contributed by atoms with van der Waals surface area (Å²) in [5, 5.41) is 22.5. The molecule has 6 atom stereocenters. The molecular weight excluding hydrogens is 723 g/mol. The van der Waals surface area contributed by atoms with Crippen LogP contribution in [0.2, 0.25) is 0 Å². The molecule has 1 aliphatic rings. The molecule has 1 saturated heterocycles. The van der Waals surface area contributed by atoms with Crippen LogP contribution in [0.3, 0.4) is 0 Å². The number of phosphoric acid groups is 3. The van der Waals surface area contributed by atoms with Gasteiger partial charge in [0, 0.05) is 24.2 Å². The number of phosphoric ester groups is 1. The van der Waals surface area contributed by atoms with E-state index in [-0.39, 0.29) is 46.8 Å². The third-order valence-corrected chi connectivity index (χ3v) is 10.8. The van der Waals surface area contributed by atoms with Gasteiger partial charge in [0.15, 0.2) is 5.65 Å². The minimum atomic E-state index is -5.78. The Morgan fingerprint density at radius 3 is 2.45 bits per heavy atom. The molecule has 0 saturated carbocycles. The van der Waals surface area contributed by atoms with Crippen LogP contribution >= 0.6 is 23.5 Å². The molecule has 8 N–H and O–H groups in total. The minimum absolute atomic E-state index is 0.00902. The number of rotatable bonds is 14. The number of aliphatic hydroxyl groups excluding tert-OH is 1. The van der Waals surface area contributed by atoms with Crippen LogP contribution in [-0.2, 0) is 42.9 Å². The number of nitro benzene ring substituents is 1. The zero-order chi connectivity index (χ0) is 36.7. The van der Waals surface area contributed by atoms with Crippen molar-refractivity contribution in [2.45, 2.75) is 58.3 Å². The number of nitrogen functional groups attached to an aromatic ring is 1. The average molecular weight is 757 g/mol. The number of methoxy groups -OCH3 is 1. The number of nitrogens with two attached hydrogens (primary N) is 1. The van der Waals surface area contributed by atoms with Crippen molar-refractivity contribution < 1.29 is 70.7 Å². The van der Waals surface area contributed by atoms with Crippen molar-refractivity contribution in [3.63, 3.8) is 0 Å². The number of anilines is 1. The molecule has 272 valence electrons. The molecule has 0 aliphatic carbocycles.